The number of rotatable bonds is 6. The van der Waals surface area contributed by atoms with Gasteiger partial charge in [0.15, 0.2) is 0 Å². The van der Waals surface area contributed by atoms with Crippen molar-refractivity contribution in [1.82, 2.24) is 10.2 Å². The number of carbonyl (C=O) groups excluding carboxylic acids is 1. The third-order valence-corrected chi connectivity index (χ3v) is 3.55. The first kappa shape index (κ1) is 17.7. The largest absolute Gasteiger partial charge is 0.481 e. The van der Waals surface area contributed by atoms with Crippen molar-refractivity contribution in [3.05, 3.63) is 0 Å². The highest BCUT2D eigenvalue weighted by Gasteiger charge is 2.27. The summed E-state index contributed by atoms with van der Waals surface area (Å²) in [6, 6.07) is 0.00504. The molecule has 0 aliphatic rings. The first-order valence-corrected chi connectivity index (χ1v) is 6.80. The molecule has 0 aliphatic heterocycles. The Morgan fingerprint density at radius 3 is 2.21 bits per heavy atom. The van der Waals surface area contributed by atoms with Crippen LogP contribution in [0.5, 0.6) is 0 Å². The number of nitrogens with one attached hydrogen (secondary N) is 1. The van der Waals surface area contributed by atoms with Gasteiger partial charge >= 0.3 is 12.0 Å². The van der Waals surface area contributed by atoms with Crippen LogP contribution in [0.15, 0.2) is 0 Å². The molecule has 0 saturated heterocycles. The van der Waals surface area contributed by atoms with E-state index in [9.17, 15) is 9.59 Å². The van der Waals surface area contributed by atoms with Crippen LogP contribution < -0.4 is 5.32 Å². The van der Waals surface area contributed by atoms with Crippen LogP contribution in [0.4, 0.5) is 4.79 Å². The fourth-order valence-corrected chi connectivity index (χ4v) is 1.70. The van der Waals surface area contributed by atoms with Crippen molar-refractivity contribution >= 4 is 12.0 Å². The molecular weight excluding hydrogens is 244 g/mol. The van der Waals surface area contributed by atoms with Crippen LogP contribution >= 0.6 is 0 Å². The monoisotopic (exact) mass is 272 g/mol. The van der Waals surface area contributed by atoms with Crippen LogP contribution in [0.25, 0.3) is 0 Å². The zero-order chi connectivity index (χ0) is 15.2. The van der Waals surface area contributed by atoms with Gasteiger partial charge in [-0.1, -0.05) is 20.8 Å². The van der Waals surface area contributed by atoms with Crippen molar-refractivity contribution < 1.29 is 14.7 Å². The number of carbonyl (C=O) groups is 2. The first-order chi connectivity index (χ1) is 8.55. The molecule has 0 saturated carbocycles. The average Bonchev–Trinajstić information content (AvgIpc) is 2.24. The van der Waals surface area contributed by atoms with Crippen LogP contribution in [-0.4, -0.2) is 41.1 Å². The topological polar surface area (TPSA) is 69.6 Å². The minimum Gasteiger partial charge on any atom is -0.481 e. The van der Waals surface area contributed by atoms with E-state index in [2.05, 4.69) is 26.1 Å². The maximum atomic E-state index is 12.0. The second-order valence-electron chi connectivity index (χ2n) is 6.29. The summed E-state index contributed by atoms with van der Waals surface area (Å²) < 4.78 is 0. The predicted octanol–water partition coefficient (Wildman–Crippen LogP) is 2.71. The fraction of sp³-hybridized carbons (Fsp3) is 0.857. The summed E-state index contributed by atoms with van der Waals surface area (Å²) >= 11 is 0. The van der Waals surface area contributed by atoms with Gasteiger partial charge in [-0.05, 0) is 32.1 Å². The molecule has 0 aromatic heterocycles. The number of amides is 2. The van der Waals surface area contributed by atoms with E-state index in [1.807, 2.05) is 13.8 Å². The normalized spacial score (nSPS) is 14.6. The molecule has 0 aromatic carbocycles. The highest BCUT2D eigenvalue weighted by molar-refractivity contribution is 5.74. The van der Waals surface area contributed by atoms with Crippen LogP contribution in [0, 0.1) is 5.41 Å². The zero-order valence-electron chi connectivity index (χ0n) is 13.0. The Balaban J connectivity index is 4.18. The lowest BCUT2D eigenvalue weighted by molar-refractivity contribution is -0.137. The van der Waals surface area contributed by atoms with E-state index in [0.29, 0.717) is 12.8 Å². The van der Waals surface area contributed by atoms with Gasteiger partial charge in [0.05, 0.1) is 0 Å². The Labute approximate surface area is 116 Å². The molecular formula is C14H28N2O3. The quantitative estimate of drug-likeness (QED) is 0.781. The van der Waals surface area contributed by atoms with Crippen LogP contribution in [0.3, 0.4) is 0 Å². The number of nitrogens with zero attached hydrogens (tertiary/aromatic N) is 1. The molecule has 2 N–H and O–H groups in total. The molecule has 0 aliphatic carbocycles. The lowest BCUT2D eigenvalue weighted by Crippen LogP contribution is -2.49. The molecule has 2 atom stereocenters. The third kappa shape index (κ3) is 7.03. The predicted molar refractivity (Wildman–Crippen MR) is 76.2 cm³/mol. The van der Waals surface area contributed by atoms with Crippen LogP contribution in [0.1, 0.15) is 53.9 Å². The van der Waals surface area contributed by atoms with Crippen LogP contribution in [-0.2, 0) is 4.79 Å². The van der Waals surface area contributed by atoms with Crippen molar-refractivity contribution in [2.24, 2.45) is 5.41 Å². The van der Waals surface area contributed by atoms with Crippen molar-refractivity contribution in [3.63, 3.8) is 0 Å². The van der Waals surface area contributed by atoms with Gasteiger partial charge in [0.2, 0.25) is 0 Å². The highest BCUT2D eigenvalue weighted by atomic mass is 16.4. The summed E-state index contributed by atoms with van der Waals surface area (Å²) in [4.78, 5) is 24.2. The molecule has 5 nitrogen and oxygen atoms in total. The molecule has 0 fully saturated rings. The van der Waals surface area contributed by atoms with E-state index >= 15 is 0 Å². The van der Waals surface area contributed by atoms with Gasteiger partial charge in [0.25, 0.3) is 0 Å². The minimum atomic E-state index is -0.794. The SMILES string of the molecule is CC(CCCC(=O)O)NC(=O)N(C)C(C)C(C)(C)C. The van der Waals surface area contributed by atoms with E-state index in [0.717, 1.165) is 0 Å². The molecule has 0 spiro atoms. The van der Waals surface area contributed by atoms with Crippen molar-refractivity contribution in [1.29, 1.82) is 0 Å². The molecule has 2 amide bonds. The third-order valence-electron chi connectivity index (χ3n) is 3.55. The molecule has 0 radical (unpaired) electrons. The molecule has 2 unspecified atom stereocenters. The Bertz CT molecular complexity index is 310. The summed E-state index contributed by atoms with van der Waals surface area (Å²) in [5, 5.41) is 11.5. The summed E-state index contributed by atoms with van der Waals surface area (Å²) in [6.07, 6.45) is 1.40. The fourth-order valence-electron chi connectivity index (χ4n) is 1.70. The number of carboxylic acids is 1. The standard InChI is InChI=1S/C14H28N2O3/c1-10(8-7-9-12(17)18)15-13(19)16(6)11(2)14(3,4)5/h10-11H,7-9H2,1-6H3,(H,15,19)(H,17,18). The minimum absolute atomic E-state index is 0.0125. The second kappa shape index (κ2) is 7.36. The summed E-state index contributed by atoms with van der Waals surface area (Å²) in [5.41, 5.74) is 0.0264. The number of hydrogen-bond donors (Lipinski definition) is 2. The van der Waals surface area contributed by atoms with Crippen molar-refractivity contribution in [2.45, 2.75) is 66.0 Å². The van der Waals surface area contributed by atoms with E-state index in [4.69, 9.17) is 5.11 Å². The van der Waals surface area contributed by atoms with Gasteiger partial charge in [-0.25, -0.2) is 4.79 Å². The van der Waals surface area contributed by atoms with Gasteiger partial charge in [0.1, 0.15) is 0 Å². The number of urea groups is 1. The Hall–Kier alpha value is -1.26. The smallest absolute Gasteiger partial charge is 0.317 e. The molecule has 0 bridgehead atoms. The molecule has 0 rings (SSSR count). The van der Waals surface area contributed by atoms with Gasteiger partial charge in [0, 0.05) is 25.6 Å². The molecule has 19 heavy (non-hydrogen) atoms. The Morgan fingerprint density at radius 1 is 1.26 bits per heavy atom. The Morgan fingerprint density at radius 2 is 1.79 bits per heavy atom. The summed E-state index contributed by atoms with van der Waals surface area (Å²) in [5.74, 6) is -0.794. The molecule has 112 valence electrons. The van der Waals surface area contributed by atoms with Gasteiger partial charge < -0.3 is 15.3 Å². The van der Waals surface area contributed by atoms with Gasteiger partial charge in [-0.3, -0.25) is 4.79 Å². The van der Waals surface area contributed by atoms with E-state index in [1.54, 1.807) is 11.9 Å². The average molecular weight is 272 g/mol. The molecule has 0 heterocycles. The second-order valence-corrected chi connectivity index (χ2v) is 6.29. The van der Waals surface area contributed by atoms with Crippen molar-refractivity contribution in [3.8, 4) is 0 Å². The van der Waals surface area contributed by atoms with E-state index < -0.39 is 5.97 Å². The van der Waals surface area contributed by atoms with Gasteiger partial charge in [-0.15, -0.1) is 0 Å². The number of aliphatic carboxylic acids is 1. The lowest BCUT2D eigenvalue weighted by Gasteiger charge is -2.36. The molecule has 5 heteroatoms. The zero-order valence-corrected chi connectivity index (χ0v) is 13.0. The lowest BCUT2D eigenvalue weighted by atomic mass is 9.87. The summed E-state index contributed by atoms with van der Waals surface area (Å²) in [6.45, 7) is 10.2. The highest BCUT2D eigenvalue weighted by Crippen LogP contribution is 2.22. The van der Waals surface area contributed by atoms with Crippen LogP contribution in [0.2, 0.25) is 0 Å². The molecule has 0 aromatic rings. The van der Waals surface area contributed by atoms with E-state index in [1.165, 1.54) is 0 Å². The first-order valence-electron chi connectivity index (χ1n) is 6.80. The number of hydrogen-bond acceptors (Lipinski definition) is 2. The van der Waals surface area contributed by atoms with Gasteiger partial charge in [-0.2, -0.15) is 0 Å². The summed E-state index contributed by atoms with van der Waals surface area (Å²) in [7, 11) is 1.79. The van der Waals surface area contributed by atoms with E-state index in [-0.39, 0.29) is 30.0 Å². The maximum Gasteiger partial charge on any atom is 0.317 e. The number of carboxylic acid groups (broad SMARTS) is 1. The van der Waals surface area contributed by atoms with Crippen molar-refractivity contribution in [2.75, 3.05) is 7.05 Å². The maximum absolute atomic E-state index is 12.0. The Kier molecular flexibility index (Phi) is 6.87.